The molecule has 0 radical (unpaired) electrons. The highest BCUT2D eigenvalue weighted by molar-refractivity contribution is 6.70. The van der Waals surface area contributed by atoms with E-state index in [0.29, 0.717) is 0 Å². The van der Waals surface area contributed by atoms with E-state index in [4.69, 9.17) is 9.16 Å². The number of fused-ring (bicyclic) bond motifs is 1. The molecule has 0 fully saturated rings. The highest BCUT2D eigenvalue weighted by Gasteiger charge is 2.26. The predicted octanol–water partition coefficient (Wildman–Crippen LogP) is 5.45. The van der Waals surface area contributed by atoms with Crippen molar-refractivity contribution < 1.29 is 9.16 Å². The van der Waals surface area contributed by atoms with Crippen LogP contribution in [-0.4, -0.2) is 15.4 Å². The molecule has 2 aromatic rings. The van der Waals surface area contributed by atoms with Gasteiger partial charge in [-0.15, -0.1) is 0 Å². The Morgan fingerprint density at radius 3 is 2.38 bits per heavy atom. The molecule has 2 aromatic carbocycles. The molecule has 0 amide bonds. The molecule has 0 aliphatic heterocycles. The van der Waals surface area contributed by atoms with E-state index in [-0.39, 0.29) is 0 Å². The van der Waals surface area contributed by atoms with Crippen LogP contribution in [0, 0.1) is 0 Å². The lowest BCUT2D eigenvalue weighted by molar-refractivity contribution is 0.413. The summed E-state index contributed by atoms with van der Waals surface area (Å²) in [6.45, 7) is 6.73. The van der Waals surface area contributed by atoms with Gasteiger partial charge in [-0.1, -0.05) is 36.4 Å². The lowest BCUT2D eigenvalue weighted by atomic mass is 9.87. The molecule has 1 aliphatic rings. The highest BCUT2D eigenvalue weighted by Crippen LogP contribution is 2.37. The average molecular weight is 339 g/mol. The van der Waals surface area contributed by atoms with Crippen LogP contribution in [0.3, 0.4) is 0 Å². The summed E-state index contributed by atoms with van der Waals surface area (Å²) in [5.41, 5.74) is 5.33. The molecule has 2 nitrogen and oxygen atoms in total. The highest BCUT2D eigenvalue weighted by atomic mass is 28.4. The summed E-state index contributed by atoms with van der Waals surface area (Å²) in [7, 11) is 0.0220. The van der Waals surface area contributed by atoms with E-state index in [0.717, 1.165) is 30.8 Å². The maximum Gasteiger partial charge on any atom is 0.242 e. The summed E-state index contributed by atoms with van der Waals surface area (Å²) < 4.78 is 12.0. The second kappa shape index (κ2) is 6.86. The van der Waals surface area contributed by atoms with Crippen LogP contribution < -0.4 is 4.74 Å². The van der Waals surface area contributed by atoms with Crippen LogP contribution in [0.5, 0.6) is 5.75 Å². The minimum atomic E-state index is -1.70. The molecule has 24 heavy (non-hydrogen) atoms. The lowest BCUT2D eigenvalue weighted by Crippen LogP contribution is -2.26. The van der Waals surface area contributed by atoms with Crippen LogP contribution in [0.1, 0.15) is 23.1 Å². The van der Waals surface area contributed by atoms with Gasteiger partial charge in [0.15, 0.2) is 0 Å². The summed E-state index contributed by atoms with van der Waals surface area (Å²) in [5.74, 6) is 1.99. The van der Waals surface area contributed by atoms with E-state index in [1.165, 1.54) is 22.3 Å². The first-order valence-electron chi connectivity index (χ1n) is 8.58. The van der Waals surface area contributed by atoms with E-state index in [1.807, 2.05) is 6.07 Å². The van der Waals surface area contributed by atoms with Crippen molar-refractivity contribution in [3.63, 3.8) is 0 Å². The van der Waals surface area contributed by atoms with Crippen LogP contribution in [0.15, 0.2) is 54.1 Å². The first-order valence-corrected chi connectivity index (χ1v) is 12.0. The molecule has 0 saturated carbocycles. The summed E-state index contributed by atoms with van der Waals surface area (Å²) >= 11 is 0. The third-order valence-electron chi connectivity index (χ3n) is 4.25. The number of ether oxygens (including phenoxy) is 1. The maximum atomic E-state index is 6.55. The molecule has 1 aliphatic carbocycles. The first kappa shape index (κ1) is 16.8. The van der Waals surface area contributed by atoms with Gasteiger partial charge in [0.1, 0.15) is 11.5 Å². The van der Waals surface area contributed by atoms with Crippen molar-refractivity contribution in [3.8, 4) is 5.75 Å². The Morgan fingerprint density at radius 2 is 1.71 bits per heavy atom. The molecule has 0 bridgehead atoms. The van der Waals surface area contributed by atoms with Gasteiger partial charge in [0.05, 0.1) is 7.11 Å². The number of methoxy groups -OCH3 is 1. The van der Waals surface area contributed by atoms with Crippen LogP contribution in [0.4, 0.5) is 0 Å². The standard InChI is InChI=1S/C21H26O2Si/c1-22-19-13-12-17-10-11-18(14-16-8-6-5-7-9-16)21(20(17)15-19)23-24(2,3)4/h5-9,12-13,15H,10-11,14H2,1-4H3. The van der Waals surface area contributed by atoms with E-state index < -0.39 is 8.32 Å². The molecule has 0 spiro atoms. The predicted molar refractivity (Wildman–Crippen MR) is 103 cm³/mol. The third kappa shape index (κ3) is 3.90. The van der Waals surface area contributed by atoms with Gasteiger partial charge in [0.25, 0.3) is 0 Å². The zero-order valence-corrected chi connectivity index (χ0v) is 16.1. The monoisotopic (exact) mass is 338 g/mol. The number of rotatable bonds is 5. The SMILES string of the molecule is COc1ccc2c(c1)C(O[Si](C)(C)C)=C(Cc1ccccc1)CC2. The zero-order chi connectivity index (χ0) is 17.2. The van der Waals surface area contributed by atoms with Gasteiger partial charge in [-0.3, -0.25) is 0 Å². The second-order valence-electron chi connectivity index (χ2n) is 7.33. The van der Waals surface area contributed by atoms with Crippen molar-refractivity contribution in [2.45, 2.75) is 38.9 Å². The topological polar surface area (TPSA) is 18.5 Å². The molecule has 0 N–H and O–H groups in total. The van der Waals surface area contributed by atoms with E-state index in [9.17, 15) is 0 Å². The van der Waals surface area contributed by atoms with E-state index in [2.05, 4.69) is 62.1 Å². The van der Waals surface area contributed by atoms with E-state index >= 15 is 0 Å². The fraction of sp³-hybridized carbons (Fsp3) is 0.333. The minimum absolute atomic E-state index is 0.895. The van der Waals surface area contributed by atoms with Crippen LogP contribution in [0.25, 0.3) is 5.76 Å². The molecule has 0 unspecified atom stereocenters. The fourth-order valence-electron chi connectivity index (χ4n) is 3.15. The number of hydrogen-bond acceptors (Lipinski definition) is 2. The summed E-state index contributed by atoms with van der Waals surface area (Å²) in [6, 6.07) is 17.0. The fourth-order valence-corrected chi connectivity index (χ4v) is 4.01. The van der Waals surface area contributed by atoms with Gasteiger partial charge >= 0.3 is 0 Å². The van der Waals surface area contributed by atoms with Crippen LogP contribution in [0.2, 0.25) is 19.6 Å². The minimum Gasteiger partial charge on any atom is -0.544 e. The number of hydrogen-bond donors (Lipinski definition) is 0. The number of aryl methyl sites for hydroxylation is 1. The molecule has 0 heterocycles. The summed E-state index contributed by atoms with van der Waals surface area (Å²) in [4.78, 5) is 0. The van der Waals surface area contributed by atoms with Crippen molar-refractivity contribution in [1.82, 2.24) is 0 Å². The van der Waals surface area contributed by atoms with Crippen molar-refractivity contribution in [3.05, 3.63) is 70.8 Å². The van der Waals surface area contributed by atoms with Gasteiger partial charge in [-0.05, 0) is 67.7 Å². The Morgan fingerprint density at radius 1 is 0.958 bits per heavy atom. The number of benzene rings is 2. The Kier molecular flexibility index (Phi) is 4.81. The lowest BCUT2D eigenvalue weighted by Gasteiger charge is -2.30. The van der Waals surface area contributed by atoms with Crippen LogP contribution >= 0.6 is 0 Å². The molecule has 0 saturated heterocycles. The second-order valence-corrected chi connectivity index (χ2v) is 11.8. The zero-order valence-electron chi connectivity index (χ0n) is 15.1. The maximum absolute atomic E-state index is 6.55. The average Bonchev–Trinajstić information content (AvgIpc) is 2.56. The van der Waals surface area contributed by atoms with Crippen molar-refractivity contribution >= 4 is 14.1 Å². The smallest absolute Gasteiger partial charge is 0.242 e. The first-order chi connectivity index (χ1) is 11.5. The molecule has 3 heteroatoms. The Labute approximate surface area is 146 Å². The summed E-state index contributed by atoms with van der Waals surface area (Å²) in [5, 5.41) is 0. The molecular weight excluding hydrogens is 312 g/mol. The summed E-state index contributed by atoms with van der Waals surface area (Å²) in [6.07, 6.45) is 3.09. The van der Waals surface area contributed by atoms with Gasteiger partial charge < -0.3 is 9.16 Å². The molecular formula is C21H26O2Si. The van der Waals surface area contributed by atoms with Crippen molar-refractivity contribution in [1.29, 1.82) is 0 Å². The van der Waals surface area contributed by atoms with Crippen LogP contribution in [-0.2, 0) is 17.3 Å². The van der Waals surface area contributed by atoms with Gasteiger partial charge in [0, 0.05) is 5.56 Å². The molecule has 0 atom stereocenters. The van der Waals surface area contributed by atoms with Gasteiger partial charge in [-0.25, -0.2) is 0 Å². The Hall–Kier alpha value is -2.00. The quantitative estimate of drug-likeness (QED) is 0.675. The van der Waals surface area contributed by atoms with E-state index in [1.54, 1.807) is 7.11 Å². The van der Waals surface area contributed by atoms with Gasteiger partial charge in [0.2, 0.25) is 8.32 Å². The number of allylic oxidation sites excluding steroid dienone is 1. The largest absolute Gasteiger partial charge is 0.544 e. The molecule has 3 rings (SSSR count). The normalized spacial score (nSPS) is 14.3. The van der Waals surface area contributed by atoms with Crippen molar-refractivity contribution in [2.24, 2.45) is 0 Å². The Bertz CT molecular complexity index is 742. The molecule has 126 valence electrons. The third-order valence-corrected chi connectivity index (χ3v) is 5.06. The van der Waals surface area contributed by atoms with Gasteiger partial charge in [-0.2, -0.15) is 0 Å². The Balaban J connectivity index is 2.05. The molecule has 0 aromatic heterocycles. The van der Waals surface area contributed by atoms with Crippen molar-refractivity contribution in [2.75, 3.05) is 7.11 Å².